The number of thiophene rings is 1. The molecule has 3 heterocycles. The number of likely N-dealkylation sites (tertiary alicyclic amines) is 1. The number of halogens is 2. The van der Waals surface area contributed by atoms with Gasteiger partial charge >= 0.3 is 0 Å². The summed E-state index contributed by atoms with van der Waals surface area (Å²) in [5.74, 6) is 1.85. The Balaban J connectivity index is 1.14. The summed E-state index contributed by atoms with van der Waals surface area (Å²) in [6, 6.07) is 12.0. The number of aryl methyl sites for hydroxylation is 1. The summed E-state index contributed by atoms with van der Waals surface area (Å²) >= 11 is 8.36. The van der Waals surface area contributed by atoms with Crippen molar-refractivity contribution in [2.45, 2.75) is 51.6 Å². The molecule has 0 radical (unpaired) electrons. The minimum Gasteiger partial charge on any atom is -0.487 e. The van der Waals surface area contributed by atoms with E-state index in [1.54, 1.807) is 12.4 Å². The highest BCUT2D eigenvalue weighted by Gasteiger charge is 2.26. The molecule has 8 heteroatoms. The second-order valence-corrected chi connectivity index (χ2v) is 11.9. The number of rotatable bonds is 8. The summed E-state index contributed by atoms with van der Waals surface area (Å²) in [6.45, 7) is 4.03. The molecule has 1 aliphatic carbocycles. The molecule has 198 valence electrons. The highest BCUT2D eigenvalue weighted by atomic mass is 35.5. The zero-order valence-corrected chi connectivity index (χ0v) is 23.0. The van der Waals surface area contributed by atoms with Crippen LogP contribution in [0.25, 0.3) is 10.2 Å². The largest absolute Gasteiger partial charge is 0.487 e. The number of hydrogen-bond donors (Lipinski definition) is 1. The molecule has 1 atom stereocenters. The molecule has 1 unspecified atom stereocenters. The van der Waals surface area contributed by atoms with Gasteiger partial charge in [-0.2, -0.15) is 0 Å². The number of anilines is 2. The van der Waals surface area contributed by atoms with Gasteiger partial charge < -0.3 is 15.0 Å². The summed E-state index contributed by atoms with van der Waals surface area (Å²) in [7, 11) is 0. The maximum absolute atomic E-state index is 13.4. The maximum atomic E-state index is 13.4. The molecule has 6 rings (SSSR count). The number of aromatic nitrogens is 2. The molecule has 0 saturated carbocycles. The van der Waals surface area contributed by atoms with E-state index in [1.165, 1.54) is 74.3 Å². The van der Waals surface area contributed by atoms with E-state index < -0.39 is 0 Å². The van der Waals surface area contributed by atoms with Crippen LogP contribution in [-0.4, -0.2) is 34.5 Å². The number of nitrogens with zero attached hydrogens (tertiary/aromatic N) is 3. The van der Waals surface area contributed by atoms with Crippen molar-refractivity contribution < 1.29 is 9.13 Å². The van der Waals surface area contributed by atoms with Crippen molar-refractivity contribution in [2.75, 3.05) is 25.0 Å². The van der Waals surface area contributed by atoms with Crippen molar-refractivity contribution in [3.63, 3.8) is 0 Å². The van der Waals surface area contributed by atoms with E-state index in [4.69, 9.17) is 16.3 Å². The maximum Gasteiger partial charge on any atom is 0.142 e. The SMILES string of the molecule is Fc1cccc(COc2ccc(Nc3ncnc4sc5c(c34)CCC(CCN3CCCCC3)C5)cc2Cl)c1. The fourth-order valence-electron chi connectivity index (χ4n) is 5.69. The first-order chi connectivity index (χ1) is 18.6. The molecule has 0 amide bonds. The van der Waals surface area contributed by atoms with Gasteiger partial charge in [-0.15, -0.1) is 11.3 Å². The van der Waals surface area contributed by atoms with Crippen LogP contribution in [0.5, 0.6) is 5.75 Å². The quantitative estimate of drug-likeness (QED) is 0.243. The number of nitrogens with one attached hydrogen (secondary N) is 1. The summed E-state index contributed by atoms with van der Waals surface area (Å²) < 4.78 is 19.3. The predicted molar refractivity (Wildman–Crippen MR) is 153 cm³/mol. The van der Waals surface area contributed by atoms with E-state index >= 15 is 0 Å². The van der Waals surface area contributed by atoms with E-state index in [0.29, 0.717) is 10.8 Å². The molecule has 1 aliphatic heterocycles. The average molecular weight is 551 g/mol. The zero-order chi connectivity index (χ0) is 25.9. The summed E-state index contributed by atoms with van der Waals surface area (Å²) in [6.07, 6.45) is 10.5. The summed E-state index contributed by atoms with van der Waals surface area (Å²) in [5.41, 5.74) is 2.99. The lowest BCUT2D eigenvalue weighted by Crippen LogP contribution is -2.32. The van der Waals surface area contributed by atoms with E-state index in [1.807, 2.05) is 35.6 Å². The lowest BCUT2D eigenvalue weighted by molar-refractivity contribution is 0.209. The highest BCUT2D eigenvalue weighted by molar-refractivity contribution is 7.19. The molecule has 2 aromatic carbocycles. The third-order valence-corrected chi connectivity index (χ3v) is 9.19. The summed E-state index contributed by atoms with van der Waals surface area (Å²) in [4.78, 5) is 14.4. The summed E-state index contributed by atoms with van der Waals surface area (Å²) in [5, 5.41) is 5.10. The van der Waals surface area contributed by atoms with Crippen LogP contribution < -0.4 is 10.1 Å². The van der Waals surface area contributed by atoms with Crippen LogP contribution in [0.1, 0.15) is 48.1 Å². The number of ether oxygens (including phenoxy) is 1. The van der Waals surface area contributed by atoms with Crippen molar-refractivity contribution >= 4 is 44.7 Å². The molecule has 4 aromatic rings. The van der Waals surface area contributed by atoms with E-state index in [-0.39, 0.29) is 12.4 Å². The molecular formula is C30H32ClFN4OS. The Labute approximate surface area is 232 Å². The van der Waals surface area contributed by atoms with Crippen LogP contribution in [0.4, 0.5) is 15.9 Å². The first kappa shape index (κ1) is 25.5. The number of benzene rings is 2. The molecule has 2 aromatic heterocycles. The van der Waals surface area contributed by atoms with Gasteiger partial charge in [-0.05, 0) is 106 Å². The number of piperidine rings is 1. The molecule has 0 bridgehead atoms. The van der Waals surface area contributed by atoms with E-state index in [2.05, 4.69) is 20.2 Å². The standard InChI is InChI=1S/C30H32ClFN4OS/c31-25-17-23(8-10-26(25)37-18-21-5-4-6-22(32)15-21)35-29-28-24-9-7-20(11-14-36-12-2-1-3-13-36)16-27(24)38-30(28)34-19-33-29/h4-6,8,10,15,17,19-20H,1-3,7,9,11-14,16,18H2,(H,33,34,35). The molecule has 1 saturated heterocycles. The second-order valence-electron chi connectivity index (χ2n) is 10.4. The van der Waals surface area contributed by atoms with Crippen LogP contribution in [0.3, 0.4) is 0 Å². The van der Waals surface area contributed by atoms with Crippen molar-refractivity contribution in [1.82, 2.24) is 14.9 Å². The van der Waals surface area contributed by atoms with Gasteiger partial charge in [-0.25, -0.2) is 14.4 Å². The van der Waals surface area contributed by atoms with Gasteiger partial charge in [-0.1, -0.05) is 30.2 Å². The normalized spacial score (nSPS) is 17.9. The predicted octanol–water partition coefficient (Wildman–Crippen LogP) is 7.79. The fraction of sp³-hybridized carbons (Fsp3) is 0.400. The number of fused-ring (bicyclic) bond motifs is 3. The van der Waals surface area contributed by atoms with Gasteiger partial charge in [0.1, 0.15) is 35.1 Å². The van der Waals surface area contributed by atoms with Crippen molar-refractivity contribution in [1.29, 1.82) is 0 Å². The Morgan fingerprint density at radius 1 is 1.11 bits per heavy atom. The molecule has 2 aliphatic rings. The van der Waals surface area contributed by atoms with Gasteiger partial charge in [0.2, 0.25) is 0 Å². The smallest absolute Gasteiger partial charge is 0.142 e. The van der Waals surface area contributed by atoms with Crippen LogP contribution in [0.2, 0.25) is 5.02 Å². The lowest BCUT2D eigenvalue weighted by atomic mass is 9.85. The van der Waals surface area contributed by atoms with Crippen molar-refractivity contribution in [3.8, 4) is 5.75 Å². The Morgan fingerprint density at radius 2 is 2.00 bits per heavy atom. The molecule has 5 nitrogen and oxygen atoms in total. The Kier molecular flexibility index (Phi) is 7.77. The van der Waals surface area contributed by atoms with Gasteiger partial charge in [0, 0.05) is 10.6 Å². The molecule has 1 fully saturated rings. The van der Waals surface area contributed by atoms with Crippen LogP contribution in [-0.2, 0) is 19.4 Å². The van der Waals surface area contributed by atoms with Gasteiger partial charge in [-0.3, -0.25) is 0 Å². The molecular weight excluding hydrogens is 519 g/mol. The second kappa shape index (κ2) is 11.6. The molecule has 38 heavy (non-hydrogen) atoms. The third kappa shape index (κ3) is 5.80. The highest BCUT2D eigenvalue weighted by Crippen LogP contribution is 2.41. The first-order valence-electron chi connectivity index (χ1n) is 13.5. The molecule has 0 spiro atoms. The monoisotopic (exact) mass is 550 g/mol. The number of hydrogen-bond acceptors (Lipinski definition) is 6. The molecule has 1 N–H and O–H groups in total. The Hall–Kier alpha value is -2.74. The third-order valence-electron chi connectivity index (χ3n) is 7.73. The van der Waals surface area contributed by atoms with Crippen LogP contribution in [0, 0.1) is 11.7 Å². The Bertz CT molecular complexity index is 1420. The van der Waals surface area contributed by atoms with Gasteiger partial charge in [0.15, 0.2) is 0 Å². The van der Waals surface area contributed by atoms with Crippen LogP contribution >= 0.6 is 22.9 Å². The topological polar surface area (TPSA) is 50.3 Å². The average Bonchev–Trinajstić information content (AvgIpc) is 3.31. The van der Waals surface area contributed by atoms with Gasteiger partial charge in [0.25, 0.3) is 0 Å². The van der Waals surface area contributed by atoms with E-state index in [0.717, 1.165) is 46.0 Å². The first-order valence-corrected chi connectivity index (χ1v) is 14.7. The fourth-order valence-corrected chi connectivity index (χ4v) is 7.22. The van der Waals surface area contributed by atoms with Crippen molar-refractivity contribution in [3.05, 3.63) is 75.6 Å². The van der Waals surface area contributed by atoms with Gasteiger partial charge in [0.05, 0.1) is 10.4 Å². The minimum absolute atomic E-state index is 0.247. The zero-order valence-electron chi connectivity index (χ0n) is 21.4. The van der Waals surface area contributed by atoms with Crippen molar-refractivity contribution in [2.24, 2.45) is 5.92 Å². The van der Waals surface area contributed by atoms with Crippen LogP contribution in [0.15, 0.2) is 48.8 Å². The Morgan fingerprint density at radius 3 is 2.84 bits per heavy atom. The lowest BCUT2D eigenvalue weighted by Gasteiger charge is -2.29. The van der Waals surface area contributed by atoms with E-state index in [9.17, 15) is 4.39 Å². The minimum atomic E-state index is -0.281.